The fraction of sp³-hybridized carbons (Fsp3) is 0.600. The zero-order chi connectivity index (χ0) is 12.8. The maximum atomic E-state index is 12.9. The van der Waals surface area contributed by atoms with Gasteiger partial charge in [-0.3, -0.25) is 11.3 Å². The van der Waals surface area contributed by atoms with Crippen molar-refractivity contribution in [2.45, 2.75) is 51.0 Å². The second-order valence-corrected chi connectivity index (χ2v) is 5.36. The molecule has 0 heterocycles. The quantitative estimate of drug-likeness (QED) is 0.489. The summed E-state index contributed by atoms with van der Waals surface area (Å²) in [5, 5.41) is 0. The van der Waals surface area contributed by atoms with Gasteiger partial charge in [0.25, 0.3) is 0 Å². The Labute approximate surface area is 109 Å². The first kappa shape index (κ1) is 13.5. The van der Waals surface area contributed by atoms with Gasteiger partial charge in [-0.15, -0.1) is 0 Å². The SMILES string of the molecule is NNC(Cc1ccc(F)cc1)C1CCCCCC1. The second kappa shape index (κ2) is 6.86. The zero-order valence-corrected chi connectivity index (χ0v) is 10.9. The predicted molar refractivity (Wildman–Crippen MR) is 72.4 cm³/mol. The highest BCUT2D eigenvalue weighted by Gasteiger charge is 2.21. The minimum absolute atomic E-state index is 0.175. The zero-order valence-electron chi connectivity index (χ0n) is 10.9. The molecular formula is C15H23FN2. The summed E-state index contributed by atoms with van der Waals surface area (Å²) in [7, 11) is 0. The highest BCUT2D eigenvalue weighted by Crippen LogP contribution is 2.26. The van der Waals surface area contributed by atoms with Gasteiger partial charge >= 0.3 is 0 Å². The molecule has 18 heavy (non-hydrogen) atoms. The number of nitrogens with two attached hydrogens (primary N) is 1. The number of benzene rings is 1. The average Bonchev–Trinajstić information content (AvgIpc) is 2.67. The number of halogens is 1. The normalized spacial score (nSPS) is 19.4. The monoisotopic (exact) mass is 250 g/mol. The first-order valence-corrected chi connectivity index (χ1v) is 7.00. The molecule has 100 valence electrons. The average molecular weight is 250 g/mol. The van der Waals surface area contributed by atoms with Crippen molar-refractivity contribution in [3.8, 4) is 0 Å². The molecule has 3 heteroatoms. The Hall–Kier alpha value is -0.930. The van der Waals surface area contributed by atoms with Crippen molar-refractivity contribution in [2.75, 3.05) is 0 Å². The second-order valence-electron chi connectivity index (χ2n) is 5.36. The minimum atomic E-state index is -0.175. The molecule has 1 unspecified atom stereocenters. The first-order valence-electron chi connectivity index (χ1n) is 7.00. The van der Waals surface area contributed by atoms with Crippen LogP contribution in [-0.2, 0) is 6.42 Å². The van der Waals surface area contributed by atoms with E-state index in [0.29, 0.717) is 12.0 Å². The lowest BCUT2D eigenvalue weighted by molar-refractivity contribution is 0.320. The van der Waals surface area contributed by atoms with E-state index in [1.165, 1.54) is 50.7 Å². The molecule has 0 bridgehead atoms. The molecule has 1 saturated carbocycles. The molecule has 0 radical (unpaired) electrons. The van der Waals surface area contributed by atoms with Gasteiger partial charge in [0.2, 0.25) is 0 Å². The summed E-state index contributed by atoms with van der Waals surface area (Å²) in [5.41, 5.74) is 4.13. The van der Waals surface area contributed by atoms with Crippen LogP contribution in [0.3, 0.4) is 0 Å². The van der Waals surface area contributed by atoms with Gasteiger partial charge < -0.3 is 0 Å². The topological polar surface area (TPSA) is 38.0 Å². The van der Waals surface area contributed by atoms with Gasteiger partial charge in [-0.05, 0) is 42.9 Å². The third-order valence-corrected chi connectivity index (χ3v) is 4.05. The molecule has 2 rings (SSSR count). The number of rotatable bonds is 4. The largest absolute Gasteiger partial charge is 0.271 e. The van der Waals surface area contributed by atoms with E-state index in [9.17, 15) is 4.39 Å². The van der Waals surface area contributed by atoms with Crippen LogP contribution in [0.25, 0.3) is 0 Å². The van der Waals surface area contributed by atoms with E-state index < -0.39 is 0 Å². The summed E-state index contributed by atoms with van der Waals surface area (Å²) < 4.78 is 12.9. The summed E-state index contributed by atoms with van der Waals surface area (Å²) in [6.07, 6.45) is 8.74. The fourth-order valence-electron chi connectivity index (χ4n) is 2.95. The van der Waals surface area contributed by atoms with E-state index in [1.54, 1.807) is 0 Å². The highest BCUT2D eigenvalue weighted by molar-refractivity contribution is 5.17. The Morgan fingerprint density at radius 1 is 1.11 bits per heavy atom. The summed E-state index contributed by atoms with van der Waals surface area (Å²) in [5.74, 6) is 6.19. The van der Waals surface area contributed by atoms with Gasteiger partial charge in [-0.2, -0.15) is 0 Å². The molecule has 1 fully saturated rings. The van der Waals surface area contributed by atoms with Crippen molar-refractivity contribution < 1.29 is 4.39 Å². The molecule has 0 amide bonds. The van der Waals surface area contributed by atoms with Crippen molar-refractivity contribution in [3.63, 3.8) is 0 Å². The summed E-state index contributed by atoms with van der Waals surface area (Å²) in [4.78, 5) is 0. The highest BCUT2D eigenvalue weighted by atomic mass is 19.1. The summed E-state index contributed by atoms with van der Waals surface area (Å²) >= 11 is 0. The van der Waals surface area contributed by atoms with Crippen molar-refractivity contribution >= 4 is 0 Å². The minimum Gasteiger partial charge on any atom is -0.271 e. The smallest absolute Gasteiger partial charge is 0.123 e. The third kappa shape index (κ3) is 3.79. The molecular weight excluding hydrogens is 227 g/mol. The van der Waals surface area contributed by atoms with Crippen LogP contribution in [0.1, 0.15) is 44.1 Å². The molecule has 0 aliphatic heterocycles. The van der Waals surface area contributed by atoms with E-state index in [4.69, 9.17) is 5.84 Å². The number of hydrogen-bond acceptors (Lipinski definition) is 2. The molecule has 0 spiro atoms. The Morgan fingerprint density at radius 2 is 1.72 bits per heavy atom. The van der Waals surface area contributed by atoms with Crippen LogP contribution in [0.15, 0.2) is 24.3 Å². The van der Waals surface area contributed by atoms with Crippen molar-refractivity contribution in [3.05, 3.63) is 35.6 Å². The van der Waals surface area contributed by atoms with Gasteiger partial charge in [-0.25, -0.2) is 4.39 Å². The van der Waals surface area contributed by atoms with Gasteiger partial charge in [0.15, 0.2) is 0 Å². The Morgan fingerprint density at radius 3 is 2.28 bits per heavy atom. The molecule has 1 atom stereocenters. The molecule has 1 aliphatic rings. The van der Waals surface area contributed by atoms with Crippen LogP contribution in [0.5, 0.6) is 0 Å². The number of hydrazine groups is 1. The molecule has 2 nitrogen and oxygen atoms in total. The predicted octanol–water partition coefficient (Wildman–Crippen LogP) is 3.17. The molecule has 1 aliphatic carbocycles. The first-order chi connectivity index (χ1) is 8.79. The number of hydrogen-bond donors (Lipinski definition) is 2. The maximum Gasteiger partial charge on any atom is 0.123 e. The van der Waals surface area contributed by atoms with E-state index in [1.807, 2.05) is 12.1 Å². The Balaban J connectivity index is 1.97. The molecule has 1 aromatic carbocycles. The Bertz CT molecular complexity index is 342. The van der Waals surface area contributed by atoms with Gasteiger partial charge in [0.1, 0.15) is 5.82 Å². The van der Waals surface area contributed by atoms with Crippen LogP contribution < -0.4 is 11.3 Å². The lowest BCUT2D eigenvalue weighted by Gasteiger charge is -2.25. The van der Waals surface area contributed by atoms with Crippen LogP contribution in [0.4, 0.5) is 4.39 Å². The van der Waals surface area contributed by atoms with Crippen LogP contribution in [0, 0.1) is 11.7 Å². The molecule has 1 aromatic rings. The van der Waals surface area contributed by atoms with Crippen molar-refractivity contribution in [1.29, 1.82) is 0 Å². The van der Waals surface area contributed by atoms with Gasteiger partial charge in [-0.1, -0.05) is 37.8 Å². The van der Waals surface area contributed by atoms with Crippen molar-refractivity contribution in [2.24, 2.45) is 11.8 Å². The van der Waals surface area contributed by atoms with Crippen LogP contribution in [-0.4, -0.2) is 6.04 Å². The molecule has 3 N–H and O–H groups in total. The van der Waals surface area contributed by atoms with Crippen LogP contribution >= 0.6 is 0 Å². The third-order valence-electron chi connectivity index (χ3n) is 4.05. The van der Waals surface area contributed by atoms with E-state index in [2.05, 4.69) is 5.43 Å². The van der Waals surface area contributed by atoms with Crippen LogP contribution in [0.2, 0.25) is 0 Å². The molecule has 0 saturated heterocycles. The van der Waals surface area contributed by atoms with Crippen molar-refractivity contribution in [1.82, 2.24) is 5.43 Å². The Kier molecular flexibility index (Phi) is 5.14. The maximum absolute atomic E-state index is 12.9. The van der Waals surface area contributed by atoms with Gasteiger partial charge in [0, 0.05) is 6.04 Å². The standard InChI is InChI=1S/C15H23FN2/c16-14-9-7-12(8-10-14)11-15(18-17)13-5-3-1-2-4-6-13/h7-10,13,15,18H,1-6,11,17H2. The lowest BCUT2D eigenvalue weighted by Crippen LogP contribution is -2.42. The summed E-state index contributed by atoms with van der Waals surface area (Å²) in [6, 6.07) is 7.08. The van der Waals surface area contributed by atoms with E-state index in [0.717, 1.165) is 12.0 Å². The summed E-state index contributed by atoms with van der Waals surface area (Å²) in [6.45, 7) is 0. The van der Waals surface area contributed by atoms with E-state index in [-0.39, 0.29) is 5.82 Å². The van der Waals surface area contributed by atoms with Gasteiger partial charge in [0.05, 0.1) is 0 Å². The number of nitrogens with one attached hydrogen (secondary N) is 1. The van der Waals surface area contributed by atoms with E-state index >= 15 is 0 Å². The fourth-order valence-corrected chi connectivity index (χ4v) is 2.95. The molecule has 0 aromatic heterocycles. The lowest BCUT2D eigenvalue weighted by atomic mass is 9.88.